The van der Waals surface area contributed by atoms with Gasteiger partial charge in [0, 0.05) is 12.7 Å². The fourth-order valence-electron chi connectivity index (χ4n) is 4.52. The average Bonchev–Trinajstić information content (AvgIpc) is 3.00. The molecule has 27 heavy (non-hydrogen) atoms. The maximum absolute atomic E-state index is 12.2. The second-order valence-corrected chi connectivity index (χ2v) is 7.24. The van der Waals surface area contributed by atoms with Gasteiger partial charge in [0.2, 0.25) is 0 Å². The third-order valence-electron chi connectivity index (χ3n) is 5.80. The molecule has 7 heteroatoms. The second-order valence-electron chi connectivity index (χ2n) is 7.24. The van der Waals surface area contributed by atoms with E-state index in [-0.39, 0.29) is 18.3 Å². The van der Waals surface area contributed by atoms with Gasteiger partial charge in [-0.15, -0.1) is 0 Å². The predicted molar refractivity (Wildman–Crippen MR) is 90.2 cm³/mol. The molecule has 4 aliphatic rings. The molecule has 3 aliphatic heterocycles. The van der Waals surface area contributed by atoms with Crippen molar-refractivity contribution in [3.8, 4) is 0 Å². The van der Waals surface area contributed by atoms with Crippen molar-refractivity contribution >= 4 is 11.9 Å². The maximum Gasteiger partial charge on any atom is 0.320 e. The summed E-state index contributed by atoms with van der Waals surface area (Å²) in [5, 5.41) is 0. The summed E-state index contributed by atoms with van der Waals surface area (Å²) in [5.41, 5.74) is 1.77. The normalized spacial score (nSPS) is 40.5. The van der Waals surface area contributed by atoms with Gasteiger partial charge in [-0.25, -0.2) is 0 Å². The highest BCUT2D eigenvalue weighted by Gasteiger charge is 2.57. The van der Waals surface area contributed by atoms with E-state index in [1.54, 1.807) is 7.11 Å². The van der Waals surface area contributed by atoms with Crippen molar-refractivity contribution in [1.82, 2.24) is 0 Å². The number of hydrogen-bond acceptors (Lipinski definition) is 7. The van der Waals surface area contributed by atoms with Gasteiger partial charge in [0.25, 0.3) is 0 Å². The molecule has 7 atom stereocenters. The molecule has 3 saturated heterocycles. The van der Waals surface area contributed by atoms with Crippen LogP contribution >= 0.6 is 0 Å². The standard InChI is InChI=1S/C20H20O7/c1-23-16-12-8-7-11-14(19(22)27-18(11)21)15(12)25-13-9-24-20(26-17(13)16)10-5-3-2-4-6-10/h2-6,8,11,13-17,20H,7,9H2,1H3/t11-,13+,14-,15+,16-,17+,20?/m0/s1. The van der Waals surface area contributed by atoms with Gasteiger partial charge in [0.15, 0.2) is 6.29 Å². The second kappa shape index (κ2) is 6.53. The molecule has 142 valence electrons. The molecule has 1 unspecified atom stereocenters. The number of hydrogen-bond donors (Lipinski definition) is 0. The number of esters is 2. The first-order chi connectivity index (χ1) is 13.2. The van der Waals surface area contributed by atoms with Crippen molar-refractivity contribution in [2.24, 2.45) is 11.8 Å². The lowest BCUT2D eigenvalue weighted by molar-refractivity contribution is -0.303. The Bertz CT molecular complexity index is 789. The van der Waals surface area contributed by atoms with E-state index in [0.29, 0.717) is 13.0 Å². The van der Waals surface area contributed by atoms with Gasteiger partial charge in [0.1, 0.15) is 24.2 Å². The van der Waals surface area contributed by atoms with Crippen LogP contribution in [-0.2, 0) is 33.3 Å². The predicted octanol–water partition coefficient (Wildman–Crippen LogP) is 1.53. The Kier molecular flexibility index (Phi) is 4.12. The van der Waals surface area contributed by atoms with Crippen LogP contribution in [0.4, 0.5) is 0 Å². The Morgan fingerprint density at radius 1 is 1.07 bits per heavy atom. The van der Waals surface area contributed by atoms with Crippen molar-refractivity contribution in [3.05, 3.63) is 47.5 Å². The van der Waals surface area contributed by atoms with Gasteiger partial charge in [-0.1, -0.05) is 36.4 Å². The highest BCUT2D eigenvalue weighted by atomic mass is 16.7. The van der Waals surface area contributed by atoms with Crippen LogP contribution in [0.5, 0.6) is 0 Å². The van der Waals surface area contributed by atoms with Gasteiger partial charge in [-0.2, -0.15) is 0 Å². The number of carbonyl (C=O) groups is 2. The minimum atomic E-state index is -0.622. The first-order valence-electron chi connectivity index (χ1n) is 9.13. The van der Waals surface area contributed by atoms with E-state index < -0.39 is 36.2 Å². The molecule has 0 saturated carbocycles. The van der Waals surface area contributed by atoms with Crippen LogP contribution in [0, 0.1) is 11.8 Å². The van der Waals surface area contributed by atoms with Gasteiger partial charge in [0.05, 0.1) is 18.6 Å². The van der Waals surface area contributed by atoms with Crippen LogP contribution in [0.1, 0.15) is 18.3 Å². The summed E-state index contributed by atoms with van der Waals surface area (Å²) in [4.78, 5) is 24.1. The summed E-state index contributed by atoms with van der Waals surface area (Å²) < 4.78 is 28.8. The number of rotatable bonds is 2. The lowest BCUT2D eigenvalue weighted by Gasteiger charge is -2.49. The number of cyclic esters (lactones) is 2. The van der Waals surface area contributed by atoms with E-state index in [9.17, 15) is 9.59 Å². The van der Waals surface area contributed by atoms with E-state index >= 15 is 0 Å². The van der Waals surface area contributed by atoms with Crippen molar-refractivity contribution < 1.29 is 33.3 Å². The lowest BCUT2D eigenvalue weighted by Crippen LogP contribution is -2.59. The monoisotopic (exact) mass is 372 g/mol. The molecule has 0 aromatic heterocycles. The Hall–Kier alpha value is -2.06. The van der Waals surface area contributed by atoms with Crippen LogP contribution in [0.3, 0.4) is 0 Å². The number of ether oxygens (including phenoxy) is 5. The van der Waals surface area contributed by atoms with Gasteiger partial charge < -0.3 is 23.7 Å². The molecule has 0 spiro atoms. The quantitative estimate of drug-likeness (QED) is 0.442. The Morgan fingerprint density at radius 3 is 2.67 bits per heavy atom. The summed E-state index contributed by atoms with van der Waals surface area (Å²) in [5.74, 6) is -2.10. The molecule has 1 aromatic carbocycles. The fourth-order valence-corrected chi connectivity index (χ4v) is 4.52. The number of allylic oxidation sites excluding steroid dienone is 1. The minimum absolute atomic E-state index is 0.314. The first-order valence-corrected chi connectivity index (χ1v) is 9.13. The van der Waals surface area contributed by atoms with E-state index in [4.69, 9.17) is 23.7 Å². The molecular formula is C20H20O7. The molecule has 1 aromatic rings. The molecule has 3 fully saturated rings. The van der Waals surface area contributed by atoms with E-state index in [1.165, 1.54) is 0 Å². The van der Waals surface area contributed by atoms with Crippen molar-refractivity contribution in [1.29, 1.82) is 0 Å². The number of methoxy groups -OCH3 is 1. The molecule has 5 rings (SSSR count). The SMILES string of the molecule is CO[C@H]1C2=CC[C@@H]3C(=O)OC(=O)[C@@H]3[C@@H]2O[C@@H]2COC(c3ccccc3)O[C@H]21. The molecule has 3 heterocycles. The van der Waals surface area contributed by atoms with Crippen molar-refractivity contribution in [2.45, 2.75) is 37.1 Å². The Balaban J connectivity index is 1.44. The highest BCUT2D eigenvalue weighted by molar-refractivity contribution is 5.97. The molecule has 0 bridgehead atoms. The van der Waals surface area contributed by atoms with E-state index in [1.807, 2.05) is 36.4 Å². The zero-order chi connectivity index (χ0) is 18.5. The Labute approximate surface area is 156 Å². The number of carbonyl (C=O) groups excluding carboxylic acids is 2. The van der Waals surface area contributed by atoms with Crippen LogP contribution < -0.4 is 0 Å². The summed E-state index contributed by atoms with van der Waals surface area (Å²) in [6.45, 7) is 0.314. The molecule has 0 N–H and O–H groups in total. The van der Waals surface area contributed by atoms with Crippen LogP contribution in [0.15, 0.2) is 42.0 Å². The zero-order valence-corrected chi connectivity index (χ0v) is 14.8. The molecule has 7 nitrogen and oxygen atoms in total. The largest absolute Gasteiger partial charge is 0.393 e. The third kappa shape index (κ3) is 2.65. The minimum Gasteiger partial charge on any atom is -0.393 e. The smallest absolute Gasteiger partial charge is 0.320 e. The van der Waals surface area contributed by atoms with Gasteiger partial charge >= 0.3 is 11.9 Å². The average molecular weight is 372 g/mol. The highest BCUT2D eigenvalue weighted by Crippen LogP contribution is 2.46. The van der Waals surface area contributed by atoms with Crippen LogP contribution in [0.25, 0.3) is 0 Å². The summed E-state index contributed by atoms with van der Waals surface area (Å²) in [6, 6.07) is 9.70. The first kappa shape index (κ1) is 17.1. The van der Waals surface area contributed by atoms with E-state index in [0.717, 1.165) is 11.1 Å². The Morgan fingerprint density at radius 2 is 1.89 bits per heavy atom. The lowest BCUT2D eigenvalue weighted by atomic mass is 9.74. The fraction of sp³-hybridized carbons (Fsp3) is 0.500. The molecule has 0 radical (unpaired) electrons. The number of fused-ring (bicyclic) bond motifs is 4. The van der Waals surface area contributed by atoms with E-state index in [2.05, 4.69) is 0 Å². The summed E-state index contributed by atoms with van der Waals surface area (Å²) in [7, 11) is 1.62. The van der Waals surface area contributed by atoms with Gasteiger partial charge in [-0.05, 0) is 12.0 Å². The van der Waals surface area contributed by atoms with Crippen LogP contribution in [-0.4, -0.2) is 50.1 Å². The van der Waals surface area contributed by atoms with Crippen molar-refractivity contribution in [3.63, 3.8) is 0 Å². The summed E-state index contributed by atoms with van der Waals surface area (Å²) in [6.07, 6.45) is 0.218. The van der Waals surface area contributed by atoms with Crippen molar-refractivity contribution in [2.75, 3.05) is 13.7 Å². The molecular weight excluding hydrogens is 352 g/mol. The summed E-state index contributed by atoms with van der Waals surface area (Å²) >= 11 is 0. The third-order valence-corrected chi connectivity index (χ3v) is 5.80. The van der Waals surface area contributed by atoms with Gasteiger partial charge in [-0.3, -0.25) is 9.59 Å². The molecule has 0 amide bonds. The maximum atomic E-state index is 12.2. The molecule has 1 aliphatic carbocycles. The zero-order valence-electron chi connectivity index (χ0n) is 14.8. The van der Waals surface area contributed by atoms with Crippen LogP contribution in [0.2, 0.25) is 0 Å². The topological polar surface area (TPSA) is 80.3 Å². The number of benzene rings is 1.